The first-order valence-corrected chi connectivity index (χ1v) is 6.89. The fraction of sp³-hybridized carbons (Fsp3) is 0.400. The Morgan fingerprint density at radius 3 is 2.45 bits per heavy atom. The SMILES string of the molecule is O=C(O)c1ccc(N2N=C(C3CCCC3)CC2=O)cc1. The average Bonchev–Trinajstić information content (AvgIpc) is 3.08. The lowest BCUT2D eigenvalue weighted by Crippen LogP contribution is -2.19. The largest absolute Gasteiger partial charge is 0.478 e. The van der Waals surface area contributed by atoms with Crippen LogP contribution in [-0.2, 0) is 4.79 Å². The molecule has 1 aromatic carbocycles. The maximum absolute atomic E-state index is 12.1. The molecule has 5 heteroatoms. The zero-order chi connectivity index (χ0) is 14.1. The summed E-state index contributed by atoms with van der Waals surface area (Å²) in [5.74, 6) is -0.559. The number of hydrogen-bond acceptors (Lipinski definition) is 3. The highest BCUT2D eigenvalue weighted by Gasteiger charge is 2.31. The summed E-state index contributed by atoms with van der Waals surface area (Å²) < 4.78 is 0. The standard InChI is InChI=1S/C15H16N2O3/c18-14-9-13(10-3-1-2-4-10)16-17(14)12-7-5-11(6-8-12)15(19)20/h5-8,10H,1-4,9H2,(H,19,20). The number of nitrogens with zero attached hydrogens (tertiary/aromatic N) is 2. The van der Waals surface area contributed by atoms with E-state index in [-0.39, 0.29) is 11.5 Å². The third kappa shape index (κ3) is 2.31. The van der Waals surface area contributed by atoms with Crippen molar-refractivity contribution < 1.29 is 14.7 Å². The molecule has 0 spiro atoms. The summed E-state index contributed by atoms with van der Waals surface area (Å²) in [5.41, 5.74) is 1.82. The molecule has 0 unspecified atom stereocenters. The predicted octanol–water partition coefficient (Wildman–Crippen LogP) is 2.67. The van der Waals surface area contributed by atoms with Gasteiger partial charge in [0.05, 0.1) is 23.4 Å². The van der Waals surface area contributed by atoms with E-state index in [4.69, 9.17) is 5.11 Å². The quantitative estimate of drug-likeness (QED) is 0.919. The molecule has 1 saturated carbocycles. The van der Waals surface area contributed by atoms with Gasteiger partial charge in [-0.05, 0) is 43.0 Å². The van der Waals surface area contributed by atoms with Crippen molar-refractivity contribution in [3.05, 3.63) is 29.8 Å². The van der Waals surface area contributed by atoms with Crippen LogP contribution in [0.2, 0.25) is 0 Å². The van der Waals surface area contributed by atoms with Gasteiger partial charge < -0.3 is 5.11 Å². The number of benzene rings is 1. The number of carboxylic acid groups (broad SMARTS) is 1. The third-order valence-electron chi connectivity index (χ3n) is 3.98. The van der Waals surface area contributed by atoms with E-state index < -0.39 is 5.97 Å². The molecule has 0 aromatic heterocycles. The van der Waals surface area contributed by atoms with E-state index in [1.54, 1.807) is 12.1 Å². The second-order valence-corrected chi connectivity index (χ2v) is 5.31. The van der Waals surface area contributed by atoms with Gasteiger partial charge in [0.25, 0.3) is 5.91 Å². The molecule has 1 aliphatic carbocycles. The monoisotopic (exact) mass is 272 g/mol. The smallest absolute Gasteiger partial charge is 0.335 e. The van der Waals surface area contributed by atoms with Crippen LogP contribution >= 0.6 is 0 Å². The molecule has 1 heterocycles. The Labute approximate surface area is 116 Å². The predicted molar refractivity (Wildman–Crippen MR) is 74.9 cm³/mol. The van der Waals surface area contributed by atoms with Crippen LogP contribution in [-0.4, -0.2) is 22.7 Å². The van der Waals surface area contributed by atoms with Crippen molar-refractivity contribution in [2.75, 3.05) is 5.01 Å². The van der Waals surface area contributed by atoms with Crippen LogP contribution < -0.4 is 5.01 Å². The molecule has 0 bridgehead atoms. The minimum absolute atomic E-state index is 0.0324. The summed E-state index contributed by atoms with van der Waals surface area (Å²) in [6, 6.07) is 6.24. The molecule has 0 saturated heterocycles. The zero-order valence-corrected chi connectivity index (χ0v) is 11.1. The third-order valence-corrected chi connectivity index (χ3v) is 3.98. The van der Waals surface area contributed by atoms with Gasteiger partial charge in [0.15, 0.2) is 0 Å². The van der Waals surface area contributed by atoms with Gasteiger partial charge in [-0.25, -0.2) is 9.80 Å². The molecular formula is C15H16N2O3. The van der Waals surface area contributed by atoms with Gasteiger partial charge in [0, 0.05) is 0 Å². The normalized spacial score (nSPS) is 19.5. The molecule has 1 amide bonds. The Bertz CT molecular complexity index is 571. The highest BCUT2D eigenvalue weighted by Crippen LogP contribution is 2.31. The number of anilines is 1. The summed E-state index contributed by atoms with van der Waals surface area (Å²) in [4.78, 5) is 22.9. The van der Waals surface area contributed by atoms with Crippen LogP contribution in [0.25, 0.3) is 0 Å². The topological polar surface area (TPSA) is 70.0 Å². The zero-order valence-electron chi connectivity index (χ0n) is 11.1. The first-order valence-electron chi connectivity index (χ1n) is 6.89. The minimum Gasteiger partial charge on any atom is -0.478 e. The second kappa shape index (κ2) is 5.07. The molecule has 104 valence electrons. The summed E-state index contributed by atoms with van der Waals surface area (Å²) in [5, 5.41) is 14.7. The summed E-state index contributed by atoms with van der Waals surface area (Å²) in [6.45, 7) is 0. The number of hydrazone groups is 1. The van der Waals surface area contributed by atoms with Gasteiger partial charge in [-0.2, -0.15) is 5.10 Å². The van der Waals surface area contributed by atoms with E-state index in [1.165, 1.54) is 30.0 Å². The van der Waals surface area contributed by atoms with Crippen molar-refractivity contribution in [3.8, 4) is 0 Å². The lowest BCUT2D eigenvalue weighted by molar-refractivity contribution is -0.116. The van der Waals surface area contributed by atoms with Crippen molar-refractivity contribution >= 4 is 23.3 Å². The number of rotatable bonds is 3. The van der Waals surface area contributed by atoms with Crippen molar-refractivity contribution in [2.45, 2.75) is 32.1 Å². The highest BCUT2D eigenvalue weighted by atomic mass is 16.4. The minimum atomic E-state index is -0.973. The van der Waals surface area contributed by atoms with E-state index in [0.29, 0.717) is 18.0 Å². The number of carboxylic acids is 1. The van der Waals surface area contributed by atoms with Gasteiger partial charge >= 0.3 is 5.97 Å². The molecule has 1 N–H and O–H groups in total. The lowest BCUT2D eigenvalue weighted by Gasteiger charge is -2.11. The molecule has 20 heavy (non-hydrogen) atoms. The Kier molecular flexibility index (Phi) is 3.26. The summed E-state index contributed by atoms with van der Waals surface area (Å²) in [7, 11) is 0. The fourth-order valence-electron chi connectivity index (χ4n) is 2.88. The number of amides is 1. The van der Waals surface area contributed by atoms with Crippen LogP contribution in [0.4, 0.5) is 5.69 Å². The Hall–Kier alpha value is -2.17. The average molecular weight is 272 g/mol. The van der Waals surface area contributed by atoms with Crippen molar-refractivity contribution in [1.29, 1.82) is 0 Å². The van der Waals surface area contributed by atoms with Gasteiger partial charge in [0.2, 0.25) is 0 Å². The number of carbonyl (C=O) groups is 2. The Morgan fingerprint density at radius 2 is 1.85 bits per heavy atom. The highest BCUT2D eigenvalue weighted by molar-refractivity contribution is 6.13. The number of aromatic carboxylic acids is 1. The van der Waals surface area contributed by atoms with Crippen molar-refractivity contribution in [1.82, 2.24) is 0 Å². The molecule has 2 aliphatic rings. The van der Waals surface area contributed by atoms with Crippen LogP contribution in [0.1, 0.15) is 42.5 Å². The van der Waals surface area contributed by atoms with Gasteiger partial charge in [0.1, 0.15) is 0 Å². The maximum Gasteiger partial charge on any atom is 0.335 e. The summed E-state index contributed by atoms with van der Waals surface area (Å²) >= 11 is 0. The lowest BCUT2D eigenvalue weighted by atomic mass is 10.00. The van der Waals surface area contributed by atoms with E-state index in [1.807, 2.05) is 0 Å². The second-order valence-electron chi connectivity index (χ2n) is 5.31. The van der Waals surface area contributed by atoms with Crippen molar-refractivity contribution in [3.63, 3.8) is 0 Å². The molecule has 0 atom stereocenters. The molecule has 1 aromatic rings. The van der Waals surface area contributed by atoms with Gasteiger partial charge in [-0.15, -0.1) is 0 Å². The molecule has 5 nitrogen and oxygen atoms in total. The Morgan fingerprint density at radius 1 is 1.20 bits per heavy atom. The fourth-order valence-corrected chi connectivity index (χ4v) is 2.88. The molecule has 3 rings (SSSR count). The summed E-state index contributed by atoms with van der Waals surface area (Å²) in [6.07, 6.45) is 5.07. The van der Waals surface area contributed by atoms with Crippen LogP contribution in [0.3, 0.4) is 0 Å². The maximum atomic E-state index is 12.1. The van der Waals surface area contributed by atoms with E-state index in [9.17, 15) is 9.59 Å². The van der Waals surface area contributed by atoms with Crippen LogP contribution in [0.5, 0.6) is 0 Å². The van der Waals surface area contributed by atoms with Gasteiger partial charge in [-0.1, -0.05) is 12.8 Å². The molecule has 1 aliphatic heterocycles. The number of carbonyl (C=O) groups excluding carboxylic acids is 1. The first kappa shape index (κ1) is 12.8. The molecular weight excluding hydrogens is 256 g/mol. The van der Waals surface area contributed by atoms with E-state index in [0.717, 1.165) is 18.6 Å². The Balaban J connectivity index is 1.82. The van der Waals surface area contributed by atoms with Crippen LogP contribution in [0.15, 0.2) is 29.4 Å². The van der Waals surface area contributed by atoms with Crippen molar-refractivity contribution in [2.24, 2.45) is 11.0 Å². The molecule has 0 radical (unpaired) electrons. The molecule has 1 fully saturated rings. The van der Waals surface area contributed by atoms with Gasteiger partial charge in [-0.3, -0.25) is 4.79 Å². The van der Waals surface area contributed by atoms with E-state index >= 15 is 0 Å². The van der Waals surface area contributed by atoms with E-state index in [2.05, 4.69) is 5.10 Å². The number of hydrogen-bond donors (Lipinski definition) is 1. The first-order chi connectivity index (χ1) is 9.65. The van der Waals surface area contributed by atoms with Crippen LogP contribution in [0, 0.1) is 5.92 Å².